The van der Waals surface area contributed by atoms with E-state index in [2.05, 4.69) is 24.3 Å². The quantitative estimate of drug-likeness (QED) is 0.672. The van der Waals surface area contributed by atoms with E-state index in [9.17, 15) is 10.0 Å². The standard InChI is InChI=1S/C17H20N2O4/c1-10-14-12(19-21)7-17(2,3)8-13(14)23-15(10)16(20)18-9-11-5-4-6-22-11/h4-6,21H,7-9H2,1-3H3,(H,18,20)/b19-12-. The van der Waals surface area contributed by atoms with Gasteiger partial charge in [-0.05, 0) is 30.9 Å². The molecule has 0 fully saturated rings. The molecule has 6 heteroatoms. The summed E-state index contributed by atoms with van der Waals surface area (Å²) in [5.41, 5.74) is 1.97. The van der Waals surface area contributed by atoms with Crippen molar-refractivity contribution in [2.45, 2.75) is 40.2 Å². The highest BCUT2D eigenvalue weighted by Crippen LogP contribution is 2.38. The number of amides is 1. The Bertz CT molecular complexity index is 754. The average Bonchev–Trinajstić information content (AvgIpc) is 3.11. The molecule has 0 aromatic carbocycles. The Balaban J connectivity index is 1.87. The van der Waals surface area contributed by atoms with Gasteiger partial charge in [0.05, 0.1) is 18.5 Å². The van der Waals surface area contributed by atoms with Crippen molar-refractivity contribution in [3.8, 4) is 0 Å². The van der Waals surface area contributed by atoms with Crippen molar-refractivity contribution in [1.82, 2.24) is 5.32 Å². The van der Waals surface area contributed by atoms with Crippen LogP contribution in [-0.2, 0) is 13.0 Å². The molecule has 2 aromatic rings. The summed E-state index contributed by atoms with van der Waals surface area (Å²) in [5.74, 6) is 1.34. The molecule has 0 aliphatic heterocycles. The molecule has 23 heavy (non-hydrogen) atoms. The summed E-state index contributed by atoms with van der Waals surface area (Å²) in [6, 6.07) is 3.56. The van der Waals surface area contributed by atoms with Crippen molar-refractivity contribution in [2.24, 2.45) is 10.6 Å². The van der Waals surface area contributed by atoms with Gasteiger partial charge in [0, 0.05) is 17.5 Å². The summed E-state index contributed by atoms with van der Waals surface area (Å²) < 4.78 is 11.0. The van der Waals surface area contributed by atoms with E-state index in [1.165, 1.54) is 0 Å². The predicted octanol–water partition coefficient (Wildman–Crippen LogP) is 3.26. The minimum atomic E-state index is -0.302. The van der Waals surface area contributed by atoms with E-state index in [1.807, 2.05) is 6.92 Å². The molecule has 0 spiro atoms. The zero-order valence-electron chi connectivity index (χ0n) is 13.5. The van der Waals surface area contributed by atoms with Gasteiger partial charge in [0.1, 0.15) is 11.5 Å². The van der Waals surface area contributed by atoms with Gasteiger partial charge in [0.2, 0.25) is 0 Å². The monoisotopic (exact) mass is 316 g/mol. The molecule has 1 aliphatic carbocycles. The molecule has 1 aliphatic rings. The average molecular weight is 316 g/mol. The molecule has 6 nitrogen and oxygen atoms in total. The number of oxime groups is 1. The number of furan rings is 2. The summed E-state index contributed by atoms with van der Waals surface area (Å²) in [6.45, 7) is 6.27. The van der Waals surface area contributed by atoms with Crippen molar-refractivity contribution in [3.05, 3.63) is 46.8 Å². The molecule has 0 bridgehead atoms. The van der Waals surface area contributed by atoms with Crippen LogP contribution in [0.25, 0.3) is 0 Å². The van der Waals surface area contributed by atoms with Crippen LogP contribution in [0.15, 0.2) is 32.4 Å². The van der Waals surface area contributed by atoms with Crippen LogP contribution in [0, 0.1) is 12.3 Å². The number of nitrogens with one attached hydrogen (secondary N) is 1. The van der Waals surface area contributed by atoms with E-state index in [-0.39, 0.29) is 17.1 Å². The molecule has 1 amide bonds. The number of carbonyl (C=O) groups excluding carboxylic acids is 1. The summed E-state index contributed by atoms with van der Waals surface area (Å²) in [4.78, 5) is 12.4. The molecule has 2 N–H and O–H groups in total. The van der Waals surface area contributed by atoms with Crippen LogP contribution in [0.4, 0.5) is 0 Å². The van der Waals surface area contributed by atoms with E-state index in [0.717, 1.165) is 5.56 Å². The molecular weight excluding hydrogens is 296 g/mol. The van der Waals surface area contributed by atoms with Crippen molar-refractivity contribution in [1.29, 1.82) is 0 Å². The van der Waals surface area contributed by atoms with E-state index in [0.29, 0.717) is 42.2 Å². The molecular formula is C17H20N2O4. The summed E-state index contributed by atoms with van der Waals surface area (Å²) in [5, 5.41) is 15.5. The maximum Gasteiger partial charge on any atom is 0.287 e. The molecule has 0 radical (unpaired) electrons. The lowest BCUT2D eigenvalue weighted by atomic mass is 9.75. The second-order valence-electron chi connectivity index (χ2n) is 6.68. The van der Waals surface area contributed by atoms with Crippen LogP contribution in [0.1, 0.15) is 53.5 Å². The van der Waals surface area contributed by atoms with Crippen molar-refractivity contribution in [3.63, 3.8) is 0 Å². The smallest absolute Gasteiger partial charge is 0.287 e. The minimum absolute atomic E-state index is 0.0687. The Morgan fingerprint density at radius 3 is 2.87 bits per heavy atom. The summed E-state index contributed by atoms with van der Waals surface area (Å²) in [6.07, 6.45) is 2.91. The predicted molar refractivity (Wildman–Crippen MR) is 83.7 cm³/mol. The van der Waals surface area contributed by atoms with Gasteiger partial charge < -0.3 is 19.4 Å². The van der Waals surface area contributed by atoms with E-state index in [4.69, 9.17) is 8.83 Å². The fraction of sp³-hybridized carbons (Fsp3) is 0.412. The Labute approximate surface area is 134 Å². The first-order valence-electron chi connectivity index (χ1n) is 7.55. The molecule has 0 saturated carbocycles. The molecule has 122 valence electrons. The van der Waals surface area contributed by atoms with Crippen LogP contribution < -0.4 is 5.32 Å². The third kappa shape index (κ3) is 2.88. The number of hydrogen-bond acceptors (Lipinski definition) is 5. The highest BCUT2D eigenvalue weighted by atomic mass is 16.4. The zero-order chi connectivity index (χ0) is 16.6. The van der Waals surface area contributed by atoms with Gasteiger partial charge in [0.15, 0.2) is 5.76 Å². The molecule has 2 aromatic heterocycles. The zero-order valence-corrected chi connectivity index (χ0v) is 13.5. The highest BCUT2D eigenvalue weighted by Gasteiger charge is 2.36. The van der Waals surface area contributed by atoms with E-state index >= 15 is 0 Å². The van der Waals surface area contributed by atoms with Gasteiger partial charge in [-0.15, -0.1) is 0 Å². The van der Waals surface area contributed by atoms with Crippen LogP contribution in [-0.4, -0.2) is 16.8 Å². The fourth-order valence-electron chi connectivity index (χ4n) is 3.08. The Hall–Kier alpha value is -2.50. The molecule has 3 rings (SSSR count). The Kier molecular flexibility index (Phi) is 3.75. The maximum atomic E-state index is 12.4. The normalized spacial score (nSPS) is 18.0. The number of carbonyl (C=O) groups is 1. The van der Waals surface area contributed by atoms with Gasteiger partial charge in [0.25, 0.3) is 5.91 Å². The molecule has 0 saturated heterocycles. The number of hydrogen-bond donors (Lipinski definition) is 2. The van der Waals surface area contributed by atoms with Crippen LogP contribution >= 0.6 is 0 Å². The van der Waals surface area contributed by atoms with Crippen molar-refractivity contribution >= 4 is 11.6 Å². The third-order valence-electron chi connectivity index (χ3n) is 4.12. The first-order chi connectivity index (χ1) is 10.9. The maximum absolute atomic E-state index is 12.4. The topological polar surface area (TPSA) is 88.0 Å². The van der Waals surface area contributed by atoms with Gasteiger partial charge in [-0.3, -0.25) is 4.79 Å². The summed E-state index contributed by atoms with van der Waals surface area (Å²) in [7, 11) is 0. The minimum Gasteiger partial charge on any atom is -0.467 e. The summed E-state index contributed by atoms with van der Waals surface area (Å²) >= 11 is 0. The van der Waals surface area contributed by atoms with E-state index in [1.54, 1.807) is 18.4 Å². The molecule has 2 heterocycles. The van der Waals surface area contributed by atoms with Crippen LogP contribution in [0.2, 0.25) is 0 Å². The first-order valence-corrected chi connectivity index (χ1v) is 7.55. The SMILES string of the molecule is Cc1c(C(=O)NCc2ccco2)oc2c1/C(=N\O)CC(C)(C)C2. The number of fused-ring (bicyclic) bond motifs is 1. The van der Waals surface area contributed by atoms with Gasteiger partial charge in [-0.2, -0.15) is 0 Å². The van der Waals surface area contributed by atoms with Crippen LogP contribution in [0.3, 0.4) is 0 Å². The van der Waals surface area contributed by atoms with Gasteiger partial charge in [-0.1, -0.05) is 19.0 Å². The molecule has 0 atom stereocenters. The Morgan fingerprint density at radius 1 is 1.43 bits per heavy atom. The lowest BCUT2D eigenvalue weighted by Gasteiger charge is -2.28. The Morgan fingerprint density at radius 2 is 2.22 bits per heavy atom. The third-order valence-corrected chi connectivity index (χ3v) is 4.12. The fourth-order valence-corrected chi connectivity index (χ4v) is 3.08. The van der Waals surface area contributed by atoms with Gasteiger partial charge >= 0.3 is 0 Å². The van der Waals surface area contributed by atoms with Gasteiger partial charge in [-0.25, -0.2) is 0 Å². The van der Waals surface area contributed by atoms with Crippen molar-refractivity contribution in [2.75, 3.05) is 0 Å². The number of nitrogens with zero attached hydrogens (tertiary/aromatic N) is 1. The van der Waals surface area contributed by atoms with E-state index < -0.39 is 0 Å². The second kappa shape index (κ2) is 5.61. The lowest BCUT2D eigenvalue weighted by Crippen LogP contribution is -2.27. The lowest BCUT2D eigenvalue weighted by molar-refractivity contribution is 0.0916. The largest absolute Gasteiger partial charge is 0.467 e. The highest BCUT2D eigenvalue weighted by molar-refractivity contribution is 6.06. The first kappa shape index (κ1) is 15.4. The number of rotatable bonds is 3. The second-order valence-corrected chi connectivity index (χ2v) is 6.68. The van der Waals surface area contributed by atoms with Crippen molar-refractivity contribution < 1.29 is 18.8 Å². The molecule has 0 unspecified atom stereocenters. The van der Waals surface area contributed by atoms with Crippen LogP contribution in [0.5, 0.6) is 0 Å².